The standard InChI is InChI=1S/C13H25N3O2.ClH/c1-9(2)13(18)16-7-6-15-12(17)8-10-4-3-5-11(10)14;/h9-11H,3-8,14H2,1-2H3,(H,15,17)(H,16,18);1H/t10-,11+;/m0./s1. The smallest absolute Gasteiger partial charge is 0.222 e. The van der Waals surface area contributed by atoms with Crippen LogP contribution >= 0.6 is 12.4 Å². The number of rotatable bonds is 6. The van der Waals surface area contributed by atoms with Gasteiger partial charge in [0, 0.05) is 31.5 Å². The van der Waals surface area contributed by atoms with Crippen molar-refractivity contribution in [3.05, 3.63) is 0 Å². The first-order chi connectivity index (χ1) is 8.50. The van der Waals surface area contributed by atoms with Gasteiger partial charge in [-0.1, -0.05) is 20.3 Å². The topological polar surface area (TPSA) is 84.2 Å². The van der Waals surface area contributed by atoms with E-state index in [0.717, 1.165) is 19.3 Å². The maximum Gasteiger partial charge on any atom is 0.222 e. The van der Waals surface area contributed by atoms with Crippen LogP contribution in [0.4, 0.5) is 0 Å². The predicted molar refractivity (Wildman–Crippen MR) is 78.0 cm³/mol. The van der Waals surface area contributed by atoms with Gasteiger partial charge >= 0.3 is 0 Å². The second-order valence-corrected chi connectivity index (χ2v) is 5.35. The van der Waals surface area contributed by atoms with E-state index in [4.69, 9.17) is 5.73 Å². The summed E-state index contributed by atoms with van der Waals surface area (Å²) in [7, 11) is 0. The van der Waals surface area contributed by atoms with E-state index in [2.05, 4.69) is 10.6 Å². The van der Waals surface area contributed by atoms with Crippen molar-refractivity contribution in [1.82, 2.24) is 10.6 Å². The Morgan fingerprint density at radius 2 is 1.84 bits per heavy atom. The fraction of sp³-hybridized carbons (Fsp3) is 0.846. The lowest BCUT2D eigenvalue weighted by Gasteiger charge is -2.15. The first-order valence-electron chi connectivity index (χ1n) is 6.80. The maximum atomic E-state index is 11.6. The van der Waals surface area contributed by atoms with Crippen LogP contribution in [0.5, 0.6) is 0 Å². The molecular weight excluding hydrogens is 266 g/mol. The van der Waals surface area contributed by atoms with Gasteiger partial charge in [-0.3, -0.25) is 9.59 Å². The first-order valence-corrected chi connectivity index (χ1v) is 6.80. The Balaban J connectivity index is 0.00000324. The molecule has 2 amide bonds. The molecule has 0 spiro atoms. The van der Waals surface area contributed by atoms with E-state index in [1.165, 1.54) is 0 Å². The minimum Gasteiger partial charge on any atom is -0.354 e. The molecule has 0 radical (unpaired) electrons. The van der Waals surface area contributed by atoms with E-state index < -0.39 is 0 Å². The van der Waals surface area contributed by atoms with Gasteiger partial charge < -0.3 is 16.4 Å². The lowest BCUT2D eigenvalue weighted by Crippen LogP contribution is -2.37. The first kappa shape index (κ1) is 18.2. The number of halogens is 1. The Bertz CT molecular complexity index is 298. The normalized spacial score (nSPS) is 21.9. The van der Waals surface area contributed by atoms with E-state index >= 15 is 0 Å². The van der Waals surface area contributed by atoms with Crippen LogP contribution in [-0.4, -0.2) is 30.9 Å². The SMILES string of the molecule is CC(C)C(=O)NCCNC(=O)C[C@@H]1CCC[C@H]1N.Cl. The Morgan fingerprint density at radius 3 is 2.37 bits per heavy atom. The molecule has 0 bridgehead atoms. The summed E-state index contributed by atoms with van der Waals surface area (Å²) in [6.45, 7) is 4.66. The fourth-order valence-electron chi connectivity index (χ4n) is 2.22. The van der Waals surface area contributed by atoms with Gasteiger partial charge in [0.2, 0.25) is 11.8 Å². The van der Waals surface area contributed by atoms with E-state index in [-0.39, 0.29) is 36.2 Å². The summed E-state index contributed by atoms with van der Waals surface area (Å²) in [6, 6.07) is 0.177. The van der Waals surface area contributed by atoms with Gasteiger partial charge in [-0.25, -0.2) is 0 Å². The number of hydrogen-bond acceptors (Lipinski definition) is 3. The van der Waals surface area contributed by atoms with Crippen molar-refractivity contribution >= 4 is 24.2 Å². The highest BCUT2D eigenvalue weighted by atomic mass is 35.5. The van der Waals surface area contributed by atoms with Crippen molar-refractivity contribution in [3.63, 3.8) is 0 Å². The molecule has 0 aromatic carbocycles. The van der Waals surface area contributed by atoms with Gasteiger partial charge in [0.05, 0.1) is 0 Å². The monoisotopic (exact) mass is 291 g/mol. The van der Waals surface area contributed by atoms with Gasteiger partial charge in [0.1, 0.15) is 0 Å². The molecule has 5 nitrogen and oxygen atoms in total. The van der Waals surface area contributed by atoms with Crippen LogP contribution in [0.2, 0.25) is 0 Å². The molecule has 19 heavy (non-hydrogen) atoms. The molecule has 1 fully saturated rings. The summed E-state index contributed by atoms with van der Waals surface area (Å²) >= 11 is 0. The van der Waals surface area contributed by atoms with Gasteiger partial charge in [0.25, 0.3) is 0 Å². The minimum atomic E-state index is -0.0165. The zero-order chi connectivity index (χ0) is 13.5. The third-order valence-electron chi connectivity index (χ3n) is 3.44. The maximum absolute atomic E-state index is 11.6. The Morgan fingerprint density at radius 1 is 1.21 bits per heavy atom. The van der Waals surface area contributed by atoms with Crippen molar-refractivity contribution in [2.45, 2.75) is 45.6 Å². The van der Waals surface area contributed by atoms with Gasteiger partial charge in [-0.05, 0) is 18.8 Å². The van der Waals surface area contributed by atoms with Gasteiger partial charge in [-0.15, -0.1) is 12.4 Å². The number of carbonyl (C=O) groups is 2. The molecule has 0 heterocycles. The van der Waals surface area contributed by atoms with Crippen LogP contribution in [0, 0.1) is 11.8 Å². The number of amides is 2. The molecule has 0 aromatic rings. The van der Waals surface area contributed by atoms with Crippen LogP contribution in [0.3, 0.4) is 0 Å². The minimum absolute atomic E-state index is 0. The number of hydrogen-bond donors (Lipinski definition) is 3. The zero-order valence-electron chi connectivity index (χ0n) is 11.8. The lowest BCUT2D eigenvalue weighted by molar-refractivity contribution is -0.125. The molecule has 1 saturated carbocycles. The van der Waals surface area contributed by atoms with E-state index in [1.54, 1.807) is 0 Å². The van der Waals surface area contributed by atoms with Crippen LogP contribution < -0.4 is 16.4 Å². The Labute approximate surface area is 121 Å². The molecule has 1 rings (SSSR count). The van der Waals surface area contributed by atoms with Crippen LogP contribution in [0.25, 0.3) is 0 Å². The third-order valence-corrected chi connectivity index (χ3v) is 3.44. The fourth-order valence-corrected chi connectivity index (χ4v) is 2.22. The second-order valence-electron chi connectivity index (χ2n) is 5.35. The number of nitrogens with two attached hydrogens (primary N) is 1. The molecule has 1 aliphatic carbocycles. The molecule has 112 valence electrons. The lowest BCUT2D eigenvalue weighted by atomic mass is 10.00. The molecule has 1 aliphatic rings. The molecular formula is C13H26ClN3O2. The molecule has 0 unspecified atom stereocenters. The van der Waals surface area contributed by atoms with E-state index in [0.29, 0.717) is 25.4 Å². The number of nitrogens with one attached hydrogen (secondary N) is 2. The highest BCUT2D eigenvalue weighted by Gasteiger charge is 2.25. The van der Waals surface area contributed by atoms with Crippen molar-refractivity contribution in [2.75, 3.05) is 13.1 Å². The van der Waals surface area contributed by atoms with E-state index in [1.807, 2.05) is 13.8 Å². The van der Waals surface area contributed by atoms with Crippen molar-refractivity contribution in [3.8, 4) is 0 Å². The summed E-state index contributed by atoms with van der Waals surface area (Å²) in [4.78, 5) is 22.9. The van der Waals surface area contributed by atoms with Crippen molar-refractivity contribution < 1.29 is 9.59 Å². The van der Waals surface area contributed by atoms with Crippen LogP contribution in [0.1, 0.15) is 39.5 Å². The molecule has 0 aromatic heterocycles. The van der Waals surface area contributed by atoms with Crippen LogP contribution in [-0.2, 0) is 9.59 Å². The van der Waals surface area contributed by atoms with Crippen LogP contribution in [0.15, 0.2) is 0 Å². The summed E-state index contributed by atoms with van der Waals surface area (Å²) in [5.41, 5.74) is 5.92. The quantitative estimate of drug-likeness (QED) is 0.633. The molecule has 0 saturated heterocycles. The second kappa shape index (κ2) is 9.15. The Kier molecular flexibility index (Phi) is 8.76. The third kappa shape index (κ3) is 6.78. The summed E-state index contributed by atoms with van der Waals surface area (Å²) in [6.07, 6.45) is 3.73. The zero-order valence-corrected chi connectivity index (χ0v) is 12.6. The molecule has 2 atom stereocenters. The van der Waals surface area contributed by atoms with Gasteiger partial charge in [0.15, 0.2) is 0 Å². The van der Waals surface area contributed by atoms with Crippen molar-refractivity contribution in [2.24, 2.45) is 17.6 Å². The molecule has 4 N–H and O–H groups in total. The summed E-state index contributed by atoms with van der Waals surface area (Å²) < 4.78 is 0. The largest absolute Gasteiger partial charge is 0.354 e. The molecule has 0 aliphatic heterocycles. The highest BCUT2D eigenvalue weighted by Crippen LogP contribution is 2.26. The van der Waals surface area contributed by atoms with E-state index in [9.17, 15) is 9.59 Å². The number of carbonyl (C=O) groups excluding carboxylic acids is 2. The average Bonchev–Trinajstić information content (AvgIpc) is 2.70. The van der Waals surface area contributed by atoms with Crippen molar-refractivity contribution in [1.29, 1.82) is 0 Å². The van der Waals surface area contributed by atoms with Gasteiger partial charge in [-0.2, -0.15) is 0 Å². The summed E-state index contributed by atoms with van der Waals surface area (Å²) in [5.74, 6) is 0.366. The highest BCUT2D eigenvalue weighted by molar-refractivity contribution is 5.85. The molecule has 6 heteroatoms. The Hall–Kier alpha value is -0.810. The predicted octanol–water partition coefficient (Wildman–Crippen LogP) is 0.814. The summed E-state index contributed by atoms with van der Waals surface area (Å²) in [5, 5.41) is 5.58. The average molecular weight is 292 g/mol.